The molecule has 3 aromatic rings. The maximum atomic E-state index is 12.9. The predicted molar refractivity (Wildman–Crippen MR) is 97.8 cm³/mol. The SMILES string of the molecule is Cc1cccc(CNC(=O)C(c2ccccc2)c2ccccc2)c1. The van der Waals surface area contributed by atoms with Crippen LogP contribution < -0.4 is 5.32 Å². The van der Waals surface area contributed by atoms with Gasteiger partial charge in [0, 0.05) is 6.54 Å². The first-order valence-corrected chi connectivity index (χ1v) is 8.17. The molecule has 1 amide bonds. The predicted octanol–water partition coefficient (Wildman–Crippen LogP) is 4.44. The number of rotatable bonds is 5. The summed E-state index contributed by atoms with van der Waals surface area (Å²) in [4.78, 5) is 12.9. The van der Waals surface area contributed by atoms with E-state index in [0.717, 1.165) is 16.7 Å². The molecule has 2 nitrogen and oxygen atoms in total. The highest BCUT2D eigenvalue weighted by atomic mass is 16.1. The number of aryl methyl sites for hydroxylation is 1. The van der Waals surface area contributed by atoms with Gasteiger partial charge in [0.2, 0.25) is 5.91 Å². The van der Waals surface area contributed by atoms with Crippen LogP contribution in [0.3, 0.4) is 0 Å². The minimum atomic E-state index is -0.294. The quantitative estimate of drug-likeness (QED) is 0.741. The monoisotopic (exact) mass is 315 g/mol. The Kier molecular flexibility index (Phi) is 5.07. The Morgan fingerprint density at radius 3 is 1.96 bits per heavy atom. The zero-order chi connectivity index (χ0) is 16.8. The van der Waals surface area contributed by atoms with Crippen LogP contribution in [0.5, 0.6) is 0 Å². The molecule has 120 valence electrons. The zero-order valence-electron chi connectivity index (χ0n) is 13.8. The van der Waals surface area contributed by atoms with Gasteiger partial charge in [0.25, 0.3) is 0 Å². The van der Waals surface area contributed by atoms with Gasteiger partial charge < -0.3 is 5.32 Å². The standard InChI is InChI=1S/C22H21NO/c1-17-9-8-10-18(15-17)16-23-22(24)21(19-11-4-2-5-12-19)20-13-6-3-7-14-20/h2-15,21H,16H2,1H3,(H,23,24). The molecule has 24 heavy (non-hydrogen) atoms. The first-order valence-electron chi connectivity index (χ1n) is 8.17. The fourth-order valence-electron chi connectivity index (χ4n) is 2.90. The van der Waals surface area contributed by atoms with Crippen LogP contribution in [0.4, 0.5) is 0 Å². The van der Waals surface area contributed by atoms with E-state index in [1.165, 1.54) is 5.56 Å². The first kappa shape index (κ1) is 16.0. The molecule has 0 bridgehead atoms. The second-order valence-electron chi connectivity index (χ2n) is 5.96. The van der Waals surface area contributed by atoms with Crippen molar-refractivity contribution < 1.29 is 4.79 Å². The third kappa shape index (κ3) is 3.90. The lowest BCUT2D eigenvalue weighted by molar-refractivity contribution is -0.121. The van der Waals surface area contributed by atoms with Crippen molar-refractivity contribution in [3.63, 3.8) is 0 Å². The molecule has 3 rings (SSSR count). The maximum absolute atomic E-state index is 12.9. The number of hydrogen-bond donors (Lipinski definition) is 1. The van der Waals surface area contributed by atoms with Crippen molar-refractivity contribution in [2.45, 2.75) is 19.4 Å². The number of carbonyl (C=O) groups is 1. The summed E-state index contributed by atoms with van der Waals surface area (Å²) in [5, 5.41) is 3.08. The van der Waals surface area contributed by atoms with E-state index in [4.69, 9.17) is 0 Å². The van der Waals surface area contributed by atoms with E-state index < -0.39 is 0 Å². The van der Waals surface area contributed by atoms with Gasteiger partial charge in [0.15, 0.2) is 0 Å². The lowest BCUT2D eigenvalue weighted by Crippen LogP contribution is -2.29. The van der Waals surface area contributed by atoms with Crippen LogP contribution in [0.1, 0.15) is 28.2 Å². The molecular formula is C22H21NO. The van der Waals surface area contributed by atoms with E-state index in [1.54, 1.807) is 0 Å². The van der Waals surface area contributed by atoms with Crippen molar-refractivity contribution in [1.82, 2.24) is 5.32 Å². The summed E-state index contributed by atoms with van der Waals surface area (Å²) < 4.78 is 0. The molecule has 0 atom stereocenters. The molecule has 0 spiro atoms. The molecule has 0 aromatic heterocycles. The molecule has 0 aliphatic heterocycles. The van der Waals surface area contributed by atoms with Gasteiger partial charge in [-0.15, -0.1) is 0 Å². The van der Waals surface area contributed by atoms with Crippen LogP contribution in [-0.4, -0.2) is 5.91 Å². The molecule has 0 aliphatic carbocycles. The van der Waals surface area contributed by atoms with Crippen LogP contribution in [0.2, 0.25) is 0 Å². The van der Waals surface area contributed by atoms with Gasteiger partial charge in [-0.25, -0.2) is 0 Å². The molecule has 3 aromatic carbocycles. The average Bonchev–Trinajstić information content (AvgIpc) is 2.62. The van der Waals surface area contributed by atoms with Crippen LogP contribution in [0.25, 0.3) is 0 Å². The molecule has 0 radical (unpaired) electrons. The van der Waals surface area contributed by atoms with Gasteiger partial charge >= 0.3 is 0 Å². The van der Waals surface area contributed by atoms with E-state index in [0.29, 0.717) is 6.54 Å². The summed E-state index contributed by atoms with van der Waals surface area (Å²) >= 11 is 0. The average molecular weight is 315 g/mol. The summed E-state index contributed by atoms with van der Waals surface area (Å²) in [5.41, 5.74) is 4.32. The highest BCUT2D eigenvalue weighted by molar-refractivity contribution is 5.87. The normalized spacial score (nSPS) is 10.6. The fraction of sp³-hybridized carbons (Fsp3) is 0.136. The van der Waals surface area contributed by atoms with Crippen molar-refractivity contribution >= 4 is 5.91 Å². The van der Waals surface area contributed by atoms with Crippen LogP contribution in [0.15, 0.2) is 84.9 Å². The van der Waals surface area contributed by atoms with Crippen LogP contribution in [-0.2, 0) is 11.3 Å². The molecule has 2 heteroatoms. The molecular weight excluding hydrogens is 294 g/mol. The Morgan fingerprint density at radius 2 is 1.42 bits per heavy atom. The Morgan fingerprint density at radius 1 is 0.833 bits per heavy atom. The van der Waals surface area contributed by atoms with Crippen molar-refractivity contribution in [1.29, 1.82) is 0 Å². The Balaban J connectivity index is 1.82. The Hall–Kier alpha value is -2.87. The molecule has 0 unspecified atom stereocenters. The topological polar surface area (TPSA) is 29.1 Å². The first-order chi connectivity index (χ1) is 11.7. The van der Waals surface area contributed by atoms with Gasteiger partial charge in [-0.1, -0.05) is 90.5 Å². The number of carbonyl (C=O) groups excluding carboxylic acids is 1. The van der Waals surface area contributed by atoms with Gasteiger partial charge in [-0.3, -0.25) is 4.79 Å². The largest absolute Gasteiger partial charge is 0.351 e. The smallest absolute Gasteiger partial charge is 0.232 e. The van der Waals surface area contributed by atoms with E-state index in [-0.39, 0.29) is 11.8 Å². The highest BCUT2D eigenvalue weighted by Crippen LogP contribution is 2.24. The lowest BCUT2D eigenvalue weighted by Gasteiger charge is -2.18. The van der Waals surface area contributed by atoms with Crippen LogP contribution in [0, 0.1) is 6.92 Å². The van der Waals surface area contributed by atoms with Crippen molar-refractivity contribution in [3.8, 4) is 0 Å². The van der Waals surface area contributed by atoms with Gasteiger partial charge in [-0.2, -0.15) is 0 Å². The summed E-state index contributed by atoms with van der Waals surface area (Å²) in [6, 6.07) is 28.0. The second kappa shape index (κ2) is 7.60. The van der Waals surface area contributed by atoms with E-state index in [9.17, 15) is 4.79 Å². The lowest BCUT2D eigenvalue weighted by atomic mass is 9.90. The summed E-state index contributed by atoms with van der Waals surface area (Å²) in [6.45, 7) is 2.60. The fourth-order valence-corrected chi connectivity index (χ4v) is 2.90. The zero-order valence-corrected chi connectivity index (χ0v) is 13.8. The molecule has 0 aliphatic rings. The summed E-state index contributed by atoms with van der Waals surface area (Å²) in [6.07, 6.45) is 0. The van der Waals surface area contributed by atoms with E-state index in [1.807, 2.05) is 72.8 Å². The van der Waals surface area contributed by atoms with Crippen molar-refractivity contribution in [2.24, 2.45) is 0 Å². The summed E-state index contributed by atoms with van der Waals surface area (Å²) in [5.74, 6) is -0.272. The number of nitrogens with one attached hydrogen (secondary N) is 1. The highest BCUT2D eigenvalue weighted by Gasteiger charge is 2.22. The van der Waals surface area contributed by atoms with Gasteiger partial charge in [0.05, 0.1) is 5.92 Å². The van der Waals surface area contributed by atoms with Gasteiger partial charge in [0.1, 0.15) is 0 Å². The third-order valence-corrected chi connectivity index (χ3v) is 4.08. The number of hydrogen-bond acceptors (Lipinski definition) is 1. The Labute approximate surface area is 143 Å². The molecule has 1 N–H and O–H groups in total. The Bertz CT molecular complexity index is 757. The van der Waals surface area contributed by atoms with E-state index >= 15 is 0 Å². The van der Waals surface area contributed by atoms with E-state index in [2.05, 4.69) is 24.4 Å². The van der Waals surface area contributed by atoms with Crippen molar-refractivity contribution in [3.05, 3.63) is 107 Å². The maximum Gasteiger partial charge on any atom is 0.232 e. The number of amides is 1. The molecule has 0 fully saturated rings. The molecule has 0 heterocycles. The second-order valence-corrected chi connectivity index (χ2v) is 5.96. The third-order valence-electron chi connectivity index (χ3n) is 4.08. The van der Waals surface area contributed by atoms with Crippen molar-refractivity contribution in [2.75, 3.05) is 0 Å². The number of benzene rings is 3. The molecule has 0 saturated carbocycles. The molecule has 0 saturated heterocycles. The minimum Gasteiger partial charge on any atom is -0.351 e. The van der Waals surface area contributed by atoms with Crippen LogP contribution >= 0.6 is 0 Å². The van der Waals surface area contributed by atoms with Gasteiger partial charge in [-0.05, 0) is 23.6 Å². The summed E-state index contributed by atoms with van der Waals surface area (Å²) in [7, 11) is 0. The minimum absolute atomic E-state index is 0.0221.